The average Bonchev–Trinajstić information content (AvgIpc) is 2.46. The molecule has 0 spiro atoms. The van der Waals surface area contributed by atoms with Gasteiger partial charge in [0.2, 0.25) is 5.91 Å². The van der Waals surface area contributed by atoms with E-state index in [2.05, 4.69) is 6.58 Å². The Kier molecular flexibility index (Phi) is 4.13. The molecule has 1 heterocycles. The van der Waals surface area contributed by atoms with Crippen LogP contribution in [0, 0.1) is 0 Å². The summed E-state index contributed by atoms with van der Waals surface area (Å²) in [5.74, 6) is -0.245. The topological polar surface area (TPSA) is 29.5 Å². The first kappa shape index (κ1) is 14.6. The number of halogens is 3. The minimum absolute atomic E-state index is 0.228. The molecular formula is C14H14F3NO2. The Morgan fingerprint density at radius 2 is 2.20 bits per heavy atom. The molecule has 1 aromatic carbocycles. The van der Waals surface area contributed by atoms with E-state index in [4.69, 9.17) is 4.74 Å². The number of alkyl halides is 3. The lowest BCUT2D eigenvalue weighted by Gasteiger charge is -2.32. The number of amides is 1. The standard InChI is InChI=1S/C14H14F3NO2/c1-2-13(19)18-6-7-20-12(9-18)10-4-3-5-11(8-10)14(15,16)17/h2-5,8,12H,1,6-7,9H2. The van der Waals surface area contributed by atoms with Gasteiger partial charge in [-0.15, -0.1) is 0 Å². The van der Waals surface area contributed by atoms with Crippen molar-refractivity contribution in [2.75, 3.05) is 19.7 Å². The predicted octanol–water partition coefficient (Wildman–Crippen LogP) is 2.79. The summed E-state index contributed by atoms with van der Waals surface area (Å²) in [6.45, 7) is 4.34. The van der Waals surface area contributed by atoms with Gasteiger partial charge in [0, 0.05) is 6.54 Å². The number of ether oxygens (including phenoxy) is 1. The molecule has 0 bridgehead atoms. The van der Waals surface area contributed by atoms with Crippen molar-refractivity contribution in [1.82, 2.24) is 4.90 Å². The molecule has 1 aromatic rings. The van der Waals surface area contributed by atoms with E-state index in [-0.39, 0.29) is 12.5 Å². The summed E-state index contributed by atoms with van der Waals surface area (Å²) < 4.78 is 43.5. The molecule has 2 rings (SSSR count). The molecule has 0 aliphatic carbocycles. The third kappa shape index (κ3) is 3.19. The van der Waals surface area contributed by atoms with E-state index in [0.29, 0.717) is 18.7 Å². The minimum Gasteiger partial charge on any atom is -0.370 e. The smallest absolute Gasteiger partial charge is 0.370 e. The third-order valence-electron chi connectivity index (χ3n) is 3.14. The fraction of sp³-hybridized carbons (Fsp3) is 0.357. The van der Waals surface area contributed by atoms with Gasteiger partial charge in [-0.3, -0.25) is 4.79 Å². The van der Waals surface area contributed by atoms with Crippen LogP contribution in [0.4, 0.5) is 13.2 Å². The highest BCUT2D eigenvalue weighted by molar-refractivity contribution is 5.87. The molecule has 1 amide bonds. The average molecular weight is 285 g/mol. The van der Waals surface area contributed by atoms with Crippen molar-refractivity contribution >= 4 is 5.91 Å². The SMILES string of the molecule is C=CC(=O)N1CCOC(c2cccc(C(F)(F)F)c2)C1. The zero-order chi connectivity index (χ0) is 14.8. The number of carbonyl (C=O) groups excluding carboxylic acids is 1. The number of hydrogen-bond donors (Lipinski definition) is 0. The molecule has 108 valence electrons. The molecular weight excluding hydrogens is 271 g/mol. The van der Waals surface area contributed by atoms with Crippen molar-refractivity contribution in [3.63, 3.8) is 0 Å². The Hall–Kier alpha value is -1.82. The van der Waals surface area contributed by atoms with Gasteiger partial charge in [0.15, 0.2) is 0 Å². The van der Waals surface area contributed by atoms with E-state index in [1.165, 1.54) is 17.0 Å². The van der Waals surface area contributed by atoms with Gasteiger partial charge in [-0.1, -0.05) is 18.7 Å². The van der Waals surface area contributed by atoms with E-state index < -0.39 is 17.8 Å². The van der Waals surface area contributed by atoms with Crippen LogP contribution in [0.15, 0.2) is 36.9 Å². The summed E-state index contributed by atoms with van der Waals surface area (Å²) >= 11 is 0. The molecule has 1 aliphatic rings. The Morgan fingerprint density at radius 3 is 2.85 bits per heavy atom. The van der Waals surface area contributed by atoms with E-state index in [9.17, 15) is 18.0 Å². The Morgan fingerprint density at radius 1 is 1.45 bits per heavy atom. The highest BCUT2D eigenvalue weighted by Crippen LogP contribution is 2.32. The molecule has 6 heteroatoms. The van der Waals surface area contributed by atoms with E-state index in [0.717, 1.165) is 12.1 Å². The van der Waals surface area contributed by atoms with Gasteiger partial charge >= 0.3 is 6.18 Å². The third-order valence-corrected chi connectivity index (χ3v) is 3.14. The number of benzene rings is 1. The van der Waals surface area contributed by atoms with Crippen LogP contribution in [0.25, 0.3) is 0 Å². The highest BCUT2D eigenvalue weighted by atomic mass is 19.4. The second-order valence-corrected chi connectivity index (χ2v) is 4.47. The first-order chi connectivity index (χ1) is 9.41. The molecule has 1 unspecified atom stereocenters. The molecule has 0 saturated carbocycles. The van der Waals surface area contributed by atoms with Crippen LogP contribution in [0.1, 0.15) is 17.2 Å². The fourth-order valence-corrected chi connectivity index (χ4v) is 2.10. The van der Waals surface area contributed by atoms with Crippen LogP contribution in [0.3, 0.4) is 0 Å². The monoisotopic (exact) mass is 285 g/mol. The molecule has 1 fully saturated rings. The number of rotatable bonds is 2. The highest BCUT2D eigenvalue weighted by Gasteiger charge is 2.32. The largest absolute Gasteiger partial charge is 0.416 e. The molecule has 20 heavy (non-hydrogen) atoms. The lowest BCUT2D eigenvalue weighted by molar-refractivity contribution is -0.138. The summed E-state index contributed by atoms with van der Waals surface area (Å²) in [6.07, 6.45) is -3.74. The van der Waals surface area contributed by atoms with Crippen molar-refractivity contribution in [3.05, 3.63) is 48.0 Å². The molecule has 0 radical (unpaired) electrons. The molecule has 0 N–H and O–H groups in total. The lowest BCUT2D eigenvalue weighted by Crippen LogP contribution is -2.41. The Labute approximate surface area is 114 Å². The van der Waals surface area contributed by atoms with Crippen molar-refractivity contribution in [2.24, 2.45) is 0 Å². The summed E-state index contributed by atoms with van der Waals surface area (Å²) in [6, 6.07) is 4.99. The zero-order valence-electron chi connectivity index (χ0n) is 10.7. The summed E-state index contributed by atoms with van der Waals surface area (Å²) in [7, 11) is 0. The van der Waals surface area contributed by atoms with Gasteiger partial charge in [0.25, 0.3) is 0 Å². The van der Waals surface area contributed by atoms with Gasteiger partial charge in [-0.25, -0.2) is 0 Å². The van der Waals surface area contributed by atoms with Gasteiger partial charge in [-0.05, 0) is 23.8 Å². The number of carbonyl (C=O) groups is 1. The second-order valence-electron chi connectivity index (χ2n) is 4.47. The van der Waals surface area contributed by atoms with Gasteiger partial charge in [0.05, 0.1) is 18.7 Å². The lowest BCUT2D eigenvalue weighted by atomic mass is 10.0. The van der Waals surface area contributed by atoms with E-state index in [1.807, 2.05) is 0 Å². The first-order valence-electron chi connectivity index (χ1n) is 6.12. The van der Waals surface area contributed by atoms with Crippen molar-refractivity contribution in [3.8, 4) is 0 Å². The van der Waals surface area contributed by atoms with Gasteiger partial charge in [0.1, 0.15) is 6.10 Å². The van der Waals surface area contributed by atoms with Crippen molar-refractivity contribution in [1.29, 1.82) is 0 Å². The van der Waals surface area contributed by atoms with Crippen molar-refractivity contribution in [2.45, 2.75) is 12.3 Å². The zero-order valence-corrected chi connectivity index (χ0v) is 10.7. The molecule has 3 nitrogen and oxygen atoms in total. The number of hydrogen-bond acceptors (Lipinski definition) is 2. The van der Waals surface area contributed by atoms with Gasteiger partial charge < -0.3 is 9.64 Å². The first-order valence-corrected chi connectivity index (χ1v) is 6.12. The normalized spacial score (nSPS) is 19.8. The fourth-order valence-electron chi connectivity index (χ4n) is 2.10. The van der Waals surface area contributed by atoms with Crippen LogP contribution >= 0.6 is 0 Å². The Balaban J connectivity index is 2.19. The predicted molar refractivity (Wildman–Crippen MR) is 66.9 cm³/mol. The molecule has 1 atom stereocenters. The van der Waals surface area contributed by atoms with Crippen LogP contribution in [0.2, 0.25) is 0 Å². The van der Waals surface area contributed by atoms with Crippen LogP contribution < -0.4 is 0 Å². The molecule has 1 aliphatic heterocycles. The molecule has 1 saturated heterocycles. The minimum atomic E-state index is -4.39. The second kappa shape index (κ2) is 5.66. The summed E-state index contributed by atoms with van der Waals surface area (Å²) in [5, 5.41) is 0. The van der Waals surface area contributed by atoms with Crippen molar-refractivity contribution < 1.29 is 22.7 Å². The molecule has 0 aromatic heterocycles. The van der Waals surface area contributed by atoms with E-state index in [1.54, 1.807) is 6.07 Å². The van der Waals surface area contributed by atoms with E-state index >= 15 is 0 Å². The van der Waals surface area contributed by atoms with Gasteiger partial charge in [-0.2, -0.15) is 13.2 Å². The maximum absolute atomic E-state index is 12.7. The van der Waals surface area contributed by atoms with Crippen LogP contribution in [0.5, 0.6) is 0 Å². The van der Waals surface area contributed by atoms with Crippen LogP contribution in [-0.2, 0) is 15.7 Å². The maximum atomic E-state index is 12.7. The quantitative estimate of drug-likeness (QED) is 0.782. The number of morpholine rings is 1. The summed E-state index contributed by atoms with van der Waals surface area (Å²) in [5.41, 5.74) is -0.299. The number of nitrogens with zero attached hydrogens (tertiary/aromatic N) is 1. The van der Waals surface area contributed by atoms with Crippen LogP contribution in [-0.4, -0.2) is 30.5 Å². The maximum Gasteiger partial charge on any atom is 0.416 e. The Bertz CT molecular complexity index is 513. The summed E-state index contributed by atoms with van der Waals surface area (Å²) in [4.78, 5) is 13.1.